The molecule has 1 aliphatic heterocycles. The summed E-state index contributed by atoms with van der Waals surface area (Å²) in [4.78, 5) is 25.8. The topological polar surface area (TPSA) is 70.7 Å². The lowest BCUT2D eigenvalue weighted by Gasteiger charge is -2.30. The van der Waals surface area contributed by atoms with Crippen LogP contribution in [0, 0.1) is 6.92 Å². The minimum absolute atomic E-state index is 0.0184. The molecule has 0 unspecified atom stereocenters. The molecule has 6 heteroatoms. The van der Waals surface area contributed by atoms with Gasteiger partial charge in [-0.25, -0.2) is 0 Å². The maximum atomic E-state index is 12.2. The Morgan fingerprint density at radius 2 is 2.08 bits per heavy atom. The summed E-state index contributed by atoms with van der Waals surface area (Å²) in [7, 11) is 0. The van der Waals surface area contributed by atoms with E-state index >= 15 is 0 Å². The molecular formula is C19H21N3O3. The van der Waals surface area contributed by atoms with Crippen molar-refractivity contribution in [1.29, 1.82) is 0 Å². The average molecular weight is 339 g/mol. The maximum Gasteiger partial charge on any atom is 0.262 e. The van der Waals surface area contributed by atoms with Crippen molar-refractivity contribution in [2.45, 2.75) is 6.92 Å². The first-order chi connectivity index (χ1) is 12.1. The Labute approximate surface area is 146 Å². The Bertz CT molecular complexity index is 776. The van der Waals surface area contributed by atoms with E-state index in [0.717, 1.165) is 11.3 Å². The SMILES string of the molecule is Cc1cccc(OCC(=O)Nc2ccccc2N2CCNC(=O)C2)c1. The largest absolute Gasteiger partial charge is 0.484 e. The van der Waals surface area contributed by atoms with Crippen molar-refractivity contribution in [3.8, 4) is 5.75 Å². The summed E-state index contributed by atoms with van der Waals surface area (Å²) in [5.41, 5.74) is 2.59. The van der Waals surface area contributed by atoms with Crippen molar-refractivity contribution < 1.29 is 14.3 Å². The number of aryl methyl sites for hydroxylation is 1. The molecule has 0 radical (unpaired) electrons. The molecule has 0 aliphatic carbocycles. The van der Waals surface area contributed by atoms with E-state index < -0.39 is 0 Å². The molecule has 1 aliphatic rings. The Kier molecular flexibility index (Phi) is 5.18. The van der Waals surface area contributed by atoms with E-state index in [1.54, 1.807) is 0 Å². The van der Waals surface area contributed by atoms with Crippen molar-refractivity contribution in [2.24, 2.45) is 0 Å². The Hall–Kier alpha value is -3.02. The zero-order valence-corrected chi connectivity index (χ0v) is 14.1. The van der Waals surface area contributed by atoms with Crippen LogP contribution in [0.2, 0.25) is 0 Å². The van der Waals surface area contributed by atoms with Gasteiger partial charge in [0.15, 0.2) is 6.61 Å². The quantitative estimate of drug-likeness (QED) is 0.873. The van der Waals surface area contributed by atoms with E-state index in [-0.39, 0.29) is 25.0 Å². The van der Waals surface area contributed by atoms with Crippen molar-refractivity contribution >= 4 is 23.2 Å². The van der Waals surface area contributed by atoms with Gasteiger partial charge in [-0.2, -0.15) is 0 Å². The summed E-state index contributed by atoms with van der Waals surface area (Å²) in [6.07, 6.45) is 0. The fourth-order valence-electron chi connectivity index (χ4n) is 2.74. The van der Waals surface area contributed by atoms with Crippen molar-refractivity contribution in [1.82, 2.24) is 5.32 Å². The number of nitrogens with one attached hydrogen (secondary N) is 2. The number of carbonyl (C=O) groups is 2. The lowest BCUT2D eigenvalue weighted by atomic mass is 10.2. The highest BCUT2D eigenvalue weighted by atomic mass is 16.5. The molecule has 2 amide bonds. The lowest BCUT2D eigenvalue weighted by molar-refractivity contribution is -0.120. The molecule has 0 saturated carbocycles. The maximum absolute atomic E-state index is 12.2. The summed E-state index contributed by atoms with van der Waals surface area (Å²) >= 11 is 0. The molecule has 2 aromatic carbocycles. The van der Waals surface area contributed by atoms with Gasteiger partial charge in [-0.05, 0) is 36.8 Å². The minimum atomic E-state index is -0.240. The third kappa shape index (κ3) is 4.50. The van der Waals surface area contributed by atoms with Crippen molar-refractivity contribution in [3.63, 3.8) is 0 Å². The van der Waals surface area contributed by atoms with Gasteiger partial charge in [0, 0.05) is 13.1 Å². The second-order valence-corrected chi connectivity index (χ2v) is 5.94. The van der Waals surface area contributed by atoms with Crippen LogP contribution in [-0.2, 0) is 9.59 Å². The van der Waals surface area contributed by atoms with Gasteiger partial charge < -0.3 is 20.3 Å². The molecule has 25 heavy (non-hydrogen) atoms. The van der Waals surface area contributed by atoms with Crippen LogP contribution in [0.3, 0.4) is 0 Å². The van der Waals surface area contributed by atoms with Crippen LogP contribution in [-0.4, -0.2) is 38.1 Å². The molecule has 6 nitrogen and oxygen atoms in total. The highest BCUT2D eigenvalue weighted by molar-refractivity contribution is 5.96. The molecule has 3 rings (SSSR count). The highest BCUT2D eigenvalue weighted by Crippen LogP contribution is 2.26. The number of rotatable bonds is 5. The zero-order valence-electron chi connectivity index (χ0n) is 14.1. The molecule has 0 bridgehead atoms. The molecule has 1 fully saturated rings. The van der Waals surface area contributed by atoms with Crippen LogP contribution in [0.5, 0.6) is 5.75 Å². The molecule has 1 saturated heterocycles. The van der Waals surface area contributed by atoms with Gasteiger partial charge in [0.2, 0.25) is 5.91 Å². The molecule has 2 N–H and O–H groups in total. The second kappa shape index (κ2) is 7.70. The summed E-state index contributed by atoms with van der Waals surface area (Å²) in [5.74, 6) is 0.404. The fraction of sp³-hybridized carbons (Fsp3) is 0.263. The number of anilines is 2. The van der Waals surface area contributed by atoms with E-state index in [9.17, 15) is 9.59 Å². The number of benzene rings is 2. The molecule has 130 valence electrons. The van der Waals surface area contributed by atoms with Gasteiger partial charge in [0.25, 0.3) is 5.91 Å². The smallest absolute Gasteiger partial charge is 0.262 e. The standard InChI is InChI=1S/C19H21N3O3/c1-14-5-4-6-15(11-14)25-13-19(24)21-16-7-2-3-8-17(16)22-10-9-20-18(23)12-22/h2-8,11H,9-10,12-13H2,1H3,(H,20,23)(H,21,24). The number of para-hydroxylation sites is 2. The van der Waals surface area contributed by atoms with Gasteiger partial charge in [-0.1, -0.05) is 24.3 Å². The summed E-state index contributed by atoms with van der Waals surface area (Å²) < 4.78 is 5.53. The number of ether oxygens (including phenoxy) is 1. The van der Waals surface area contributed by atoms with Crippen LogP contribution in [0.25, 0.3) is 0 Å². The molecular weight excluding hydrogens is 318 g/mol. The number of hydrogen-bond acceptors (Lipinski definition) is 4. The van der Waals surface area contributed by atoms with Gasteiger partial charge in [-0.15, -0.1) is 0 Å². The van der Waals surface area contributed by atoms with Gasteiger partial charge >= 0.3 is 0 Å². The van der Waals surface area contributed by atoms with Crippen LogP contribution < -0.4 is 20.3 Å². The first kappa shape index (κ1) is 16.8. The number of piperazine rings is 1. The Balaban J connectivity index is 1.64. The van der Waals surface area contributed by atoms with E-state index in [1.165, 1.54) is 0 Å². The van der Waals surface area contributed by atoms with E-state index in [2.05, 4.69) is 10.6 Å². The summed E-state index contributed by atoms with van der Waals surface area (Å²) in [6, 6.07) is 15.0. The lowest BCUT2D eigenvalue weighted by Crippen LogP contribution is -2.48. The average Bonchev–Trinajstić information content (AvgIpc) is 2.60. The first-order valence-corrected chi connectivity index (χ1v) is 8.22. The monoisotopic (exact) mass is 339 g/mol. The Morgan fingerprint density at radius 3 is 2.88 bits per heavy atom. The van der Waals surface area contributed by atoms with Crippen LogP contribution >= 0.6 is 0 Å². The van der Waals surface area contributed by atoms with Gasteiger partial charge in [0.05, 0.1) is 17.9 Å². The molecule has 0 spiro atoms. The van der Waals surface area contributed by atoms with Gasteiger partial charge in [0.1, 0.15) is 5.75 Å². The molecule has 1 heterocycles. The molecule has 2 aromatic rings. The Morgan fingerprint density at radius 1 is 1.24 bits per heavy atom. The highest BCUT2D eigenvalue weighted by Gasteiger charge is 2.19. The number of hydrogen-bond donors (Lipinski definition) is 2. The number of amides is 2. The van der Waals surface area contributed by atoms with E-state index in [0.29, 0.717) is 24.5 Å². The van der Waals surface area contributed by atoms with Crippen molar-refractivity contribution in [2.75, 3.05) is 36.5 Å². The first-order valence-electron chi connectivity index (χ1n) is 8.22. The second-order valence-electron chi connectivity index (χ2n) is 5.94. The third-order valence-corrected chi connectivity index (χ3v) is 3.92. The minimum Gasteiger partial charge on any atom is -0.484 e. The number of nitrogens with zero attached hydrogens (tertiary/aromatic N) is 1. The zero-order chi connectivity index (χ0) is 17.6. The predicted octanol–water partition coefficient (Wildman–Crippen LogP) is 1.95. The normalized spacial score (nSPS) is 14.0. The third-order valence-electron chi connectivity index (χ3n) is 3.92. The summed E-state index contributed by atoms with van der Waals surface area (Å²) in [5, 5.41) is 5.67. The predicted molar refractivity (Wildman–Crippen MR) is 97.0 cm³/mol. The molecule has 0 aromatic heterocycles. The summed E-state index contributed by atoms with van der Waals surface area (Å²) in [6.45, 7) is 3.49. The van der Waals surface area contributed by atoms with Crippen molar-refractivity contribution in [3.05, 3.63) is 54.1 Å². The fourth-order valence-corrected chi connectivity index (χ4v) is 2.74. The van der Waals surface area contributed by atoms with E-state index in [1.807, 2.05) is 60.4 Å². The van der Waals surface area contributed by atoms with Crippen LogP contribution in [0.1, 0.15) is 5.56 Å². The van der Waals surface area contributed by atoms with Crippen LogP contribution in [0.4, 0.5) is 11.4 Å². The van der Waals surface area contributed by atoms with Gasteiger partial charge in [-0.3, -0.25) is 9.59 Å². The van der Waals surface area contributed by atoms with E-state index in [4.69, 9.17) is 4.74 Å². The molecule has 0 atom stereocenters. The van der Waals surface area contributed by atoms with Crippen LogP contribution in [0.15, 0.2) is 48.5 Å². The number of carbonyl (C=O) groups excluding carboxylic acids is 2.